The highest BCUT2D eigenvalue weighted by Crippen LogP contribution is 2.36. The molecule has 0 saturated carbocycles. The number of amides is 1. The highest BCUT2D eigenvalue weighted by molar-refractivity contribution is 6.32. The number of aromatic nitrogens is 2. The molecule has 0 aliphatic rings. The number of benzene rings is 3. The van der Waals surface area contributed by atoms with E-state index in [1.807, 2.05) is 0 Å². The van der Waals surface area contributed by atoms with Crippen LogP contribution in [0, 0.1) is 17.5 Å². The second-order valence-corrected chi connectivity index (χ2v) is 9.66. The molecule has 0 aliphatic carbocycles. The lowest BCUT2D eigenvalue weighted by molar-refractivity contribution is -0.136. The third-order valence-corrected chi connectivity index (χ3v) is 6.98. The topological polar surface area (TPSA) is 84.7 Å². The van der Waals surface area contributed by atoms with Gasteiger partial charge in [-0.3, -0.25) is 9.59 Å². The van der Waals surface area contributed by atoms with Gasteiger partial charge in [-0.05, 0) is 37.3 Å². The van der Waals surface area contributed by atoms with Gasteiger partial charge in [0.05, 0.1) is 36.0 Å². The largest absolute Gasteiger partial charge is 0.491 e. The van der Waals surface area contributed by atoms with Crippen LogP contribution in [-0.4, -0.2) is 45.8 Å². The summed E-state index contributed by atoms with van der Waals surface area (Å²) in [5.74, 6) is -7.03. The van der Waals surface area contributed by atoms with Crippen molar-refractivity contribution < 1.29 is 32.6 Å². The summed E-state index contributed by atoms with van der Waals surface area (Å²) in [5.41, 5.74) is 0.455. The van der Waals surface area contributed by atoms with Crippen molar-refractivity contribution in [2.45, 2.75) is 19.4 Å². The highest BCUT2D eigenvalue weighted by Gasteiger charge is 2.32. The fraction of sp³-hybridized carbons (Fsp3) is 0.179. The first-order chi connectivity index (χ1) is 19.0. The van der Waals surface area contributed by atoms with E-state index >= 15 is 0 Å². The molecule has 0 unspecified atom stereocenters. The average Bonchev–Trinajstić information content (AvgIpc) is 3.28. The first-order valence-electron chi connectivity index (χ1n) is 11.8. The number of halogens is 5. The number of hydrogen-bond donors (Lipinski definition) is 1. The zero-order valence-electron chi connectivity index (χ0n) is 21.4. The summed E-state index contributed by atoms with van der Waals surface area (Å²) in [4.78, 5) is 26.8. The summed E-state index contributed by atoms with van der Waals surface area (Å²) < 4.78 is 49.6. The monoisotopic (exact) mass is 591 g/mol. The van der Waals surface area contributed by atoms with Crippen molar-refractivity contribution in [1.82, 2.24) is 14.7 Å². The lowest BCUT2D eigenvalue weighted by atomic mass is 10.0. The third-order valence-electron chi connectivity index (χ3n) is 6.41. The summed E-state index contributed by atoms with van der Waals surface area (Å²) >= 11 is 12.5. The minimum absolute atomic E-state index is 0.0476. The van der Waals surface area contributed by atoms with E-state index in [9.17, 15) is 27.9 Å². The van der Waals surface area contributed by atoms with E-state index < -0.39 is 53.1 Å². The molecule has 0 fully saturated rings. The number of carboxylic acids is 1. The molecule has 40 heavy (non-hydrogen) atoms. The van der Waals surface area contributed by atoms with E-state index in [2.05, 4.69) is 9.84 Å². The molecule has 1 N–H and O–H groups in total. The molecule has 12 heteroatoms. The van der Waals surface area contributed by atoms with Crippen LogP contribution in [0.25, 0.3) is 16.9 Å². The number of ether oxygens (including phenoxy) is 1. The fourth-order valence-electron chi connectivity index (χ4n) is 4.28. The van der Waals surface area contributed by atoms with Crippen molar-refractivity contribution in [3.05, 3.63) is 98.9 Å². The maximum atomic E-state index is 14.9. The third kappa shape index (κ3) is 5.37. The van der Waals surface area contributed by atoms with E-state index in [1.165, 1.54) is 18.7 Å². The van der Waals surface area contributed by atoms with Crippen molar-refractivity contribution in [3.8, 4) is 22.7 Å². The lowest BCUT2D eigenvalue weighted by Gasteiger charge is -2.26. The lowest BCUT2D eigenvalue weighted by Crippen LogP contribution is -2.31. The molecule has 0 aliphatic heterocycles. The number of para-hydroxylation sites is 1. The van der Waals surface area contributed by atoms with Gasteiger partial charge in [-0.1, -0.05) is 47.5 Å². The molecule has 1 amide bonds. The molecule has 1 heterocycles. The van der Waals surface area contributed by atoms with Gasteiger partial charge in [0.1, 0.15) is 0 Å². The Morgan fingerprint density at radius 1 is 1.07 bits per heavy atom. The Bertz CT molecular complexity index is 1610. The maximum Gasteiger partial charge on any atom is 0.307 e. The quantitative estimate of drug-likeness (QED) is 0.230. The summed E-state index contributed by atoms with van der Waals surface area (Å²) in [6, 6.07) is 12.6. The number of hydrogen-bond acceptors (Lipinski definition) is 4. The maximum absolute atomic E-state index is 14.9. The molecular weight excluding hydrogens is 570 g/mol. The normalized spacial score (nSPS) is 11.8. The van der Waals surface area contributed by atoms with E-state index in [0.717, 1.165) is 18.1 Å². The zero-order valence-corrected chi connectivity index (χ0v) is 22.9. The van der Waals surface area contributed by atoms with Crippen LogP contribution in [0.2, 0.25) is 10.0 Å². The minimum Gasteiger partial charge on any atom is -0.491 e. The Hall–Kier alpha value is -4.02. The second-order valence-electron chi connectivity index (χ2n) is 8.82. The van der Waals surface area contributed by atoms with Crippen LogP contribution in [0.3, 0.4) is 0 Å². The standard InChI is InChI=1S/C28H22Cl2F3N3O4/c1-14(17-12-20(31)27(40-3)24(33)23(17)32)35(2)28(39)25-18(13-22(37)38)26(15-8-10-16(29)11-9-15)36(34-25)21-7-5-4-6-19(21)30/h4-12,14H,13H2,1-3H3,(H,37,38)/t14-/m1/s1. The van der Waals surface area contributed by atoms with Gasteiger partial charge in [-0.15, -0.1) is 0 Å². The molecular formula is C28H22Cl2F3N3O4. The number of rotatable bonds is 8. The smallest absolute Gasteiger partial charge is 0.307 e. The molecule has 0 saturated heterocycles. The van der Waals surface area contributed by atoms with Crippen molar-refractivity contribution in [1.29, 1.82) is 0 Å². The summed E-state index contributed by atoms with van der Waals surface area (Å²) in [7, 11) is 2.28. The molecule has 4 aromatic rings. The second kappa shape index (κ2) is 11.6. The van der Waals surface area contributed by atoms with Gasteiger partial charge < -0.3 is 14.7 Å². The number of methoxy groups -OCH3 is 1. The molecule has 1 atom stereocenters. The number of aliphatic carboxylic acids is 1. The van der Waals surface area contributed by atoms with Crippen molar-refractivity contribution in [3.63, 3.8) is 0 Å². The Morgan fingerprint density at radius 3 is 2.33 bits per heavy atom. The van der Waals surface area contributed by atoms with Gasteiger partial charge >= 0.3 is 5.97 Å². The van der Waals surface area contributed by atoms with Crippen LogP contribution < -0.4 is 4.74 Å². The summed E-state index contributed by atoms with van der Waals surface area (Å²) in [6.07, 6.45) is -0.605. The van der Waals surface area contributed by atoms with Crippen LogP contribution in [0.15, 0.2) is 54.6 Å². The highest BCUT2D eigenvalue weighted by atomic mass is 35.5. The van der Waals surface area contributed by atoms with Crippen LogP contribution in [-0.2, 0) is 11.2 Å². The van der Waals surface area contributed by atoms with E-state index in [1.54, 1.807) is 48.5 Å². The number of carboxylic acid groups (broad SMARTS) is 1. The Kier molecular flexibility index (Phi) is 8.41. The van der Waals surface area contributed by atoms with Gasteiger partial charge in [0.15, 0.2) is 23.1 Å². The van der Waals surface area contributed by atoms with Gasteiger partial charge in [0, 0.05) is 28.8 Å². The Labute approximate surface area is 237 Å². The average molecular weight is 592 g/mol. The molecule has 208 valence electrons. The van der Waals surface area contributed by atoms with Crippen LogP contribution in [0.5, 0.6) is 5.75 Å². The molecule has 0 spiro atoms. The number of carbonyl (C=O) groups excluding carboxylic acids is 1. The van der Waals surface area contributed by atoms with Crippen LogP contribution in [0.1, 0.15) is 34.6 Å². The van der Waals surface area contributed by atoms with Crippen LogP contribution in [0.4, 0.5) is 13.2 Å². The van der Waals surface area contributed by atoms with Gasteiger partial charge in [0.25, 0.3) is 5.91 Å². The van der Waals surface area contributed by atoms with Gasteiger partial charge in [0.2, 0.25) is 5.82 Å². The Balaban J connectivity index is 1.91. The first kappa shape index (κ1) is 29.0. The van der Waals surface area contributed by atoms with E-state index in [4.69, 9.17) is 23.2 Å². The molecule has 0 bridgehead atoms. The molecule has 0 radical (unpaired) electrons. The molecule has 7 nitrogen and oxygen atoms in total. The molecule has 3 aromatic carbocycles. The fourth-order valence-corrected chi connectivity index (χ4v) is 4.62. The number of nitrogens with zero attached hydrogens (tertiary/aromatic N) is 3. The summed E-state index contributed by atoms with van der Waals surface area (Å²) in [6.45, 7) is 1.36. The first-order valence-corrected chi connectivity index (χ1v) is 12.5. The van der Waals surface area contributed by atoms with Crippen LogP contribution >= 0.6 is 23.2 Å². The van der Waals surface area contributed by atoms with E-state index in [-0.39, 0.29) is 22.0 Å². The number of carbonyl (C=O) groups is 2. The van der Waals surface area contributed by atoms with E-state index in [0.29, 0.717) is 16.3 Å². The zero-order chi connectivity index (χ0) is 29.3. The predicted molar refractivity (Wildman–Crippen MR) is 144 cm³/mol. The minimum atomic E-state index is -1.54. The van der Waals surface area contributed by atoms with Crippen molar-refractivity contribution >= 4 is 35.1 Å². The van der Waals surface area contributed by atoms with Gasteiger partial charge in [-0.25, -0.2) is 13.5 Å². The van der Waals surface area contributed by atoms with Crippen molar-refractivity contribution in [2.75, 3.05) is 14.2 Å². The summed E-state index contributed by atoms with van der Waals surface area (Å²) in [5, 5.41) is 14.9. The predicted octanol–water partition coefficient (Wildman–Crippen LogP) is 6.73. The molecule has 1 aromatic heterocycles. The van der Waals surface area contributed by atoms with Gasteiger partial charge in [-0.2, -0.15) is 9.49 Å². The Morgan fingerprint density at radius 2 is 1.73 bits per heavy atom. The van der Waals surface area contributed by atoms with Crippen molar-refractivity contribution in [2.24, 2.45) is 0 Å². The molecule has 4 rings (SSSR count). The SMILES string of the molecule is COc1c(F)cc([C@@H](C)N(C)C(=O)c2nn(-c3ccccc3Cl)c(-c3ccc(Cl)cc3)c2CC(=O)O)c(F)c1F.